The Balaban J connectivity index is 1.34. The van der Waals surface area contributed by atoms with Crippen molar-refractivity contribution in [1.82, 2.24) is 9.80 Å². The molecule has 0 unspecified atom stereocenters. The number of nitrogens with zero attached hydrogens (tertiary/aromatic N) is 2. The van der Waals surface area contributed by atoms with Crippen molar-refractivity contribution < 1.29 is 22.8 Å². The average Bonchev–Trinajstić information content (AvgIpc) is 2.87. The molecular formula is C25H26N2O5S. The van der Waals surface area contributed by atoms with Gasteiger partial charge in [0.05, 0.1) is 0 Å². The molecule has 2 fully saturated rings. The number of hydrogen-bond donors (Lipinski definition) is 1. The summed E-state index contributed by atoms with van der Waals surface area (Å²) in [5, 5.41) is 0. The molecule has 0 atom stereocenters. The molecule has 2 aliphatic carbocycles. The lowest BCUT2D eigenvalue weighted by Crippen LogP contribution is -2.59. The number of piperazine rings is 1. The highest BCUT2D eigenvalue weighted by atomic mass is 32.2. The van der Waals surface area contributed by atoms with Crippen LogP contribution in [-0.4, -0.2) is 66.7 Å². The molecule has 1 amide bonds. The summed E-state index contributed by atoms with van der Waals surface area (Å²) in [5.74, 6) is -0.670. The van der Waals surface area contributed by atoms with Crippen molar-refractivity contribution in [2.45, 2.75) is 37.0 Å². The van der Waals surface area contributed by atoms with Gasteiger partial charge in [-0.25, -0.2) is 8.42 Å². The molecule has 33 heavy (non-hydrogen) atoms. The van der Waals surface area contributed by atoms with Crippen molar-refractivity contribution in [3.05, 3.63) is 70.3 Å². The van der Waals surface area contributed by atoms with E-state index in [0.29, 0.717) is 61.3 Å². The van der Waals surface area contributed by atoms with Gasteiger partial charge in [0.2, 0.25) is 0 Å². The number of ketones is 2. The summed E-state index contributed by atoms with van der Waals surface area (Å²) >= 11 is 0. The normalized spacial score (nSPS) is 20.5. The molecule has 0 radical (unpaired) electrons. The largest absolute Gasteiger partial charge is 0.336 e. The molecule has 1 saturated carbocycles. The number of benzene rings is 2. The molecule has 3 aliphatic rings. The summed E-state index contributed by atoms with van der Waals surface area (Å²) in [6.45, 7) is 1.86. The average molecular weight is 467 g/mol. The Morgan fingerprint density at radius 2 is 1.33 bits per heavy atom. The SMILES string of the molecule is O=C1c2ccccc2C(=O)c2cc(C(=O)N3CCN(C4([SH](=O)=O)CCCCC4)CC3)ccc21. The molecule has 5 rings (SSSR count). The molecule has 2 aromatic rings. The number of fused-ring (bicyclic) bond motifs is 2. The highest BCUT2D eigenvalue weighted by Crippen LogP contribution is 2.35. The fraction of sp³-hybridized carbons (Fsp3) is 0.400. The Bertz CT molecular complexity index is 1210. The first-order valence-electron chi connectivity index (χ1n) is 11.4. The summed E-state index contributed by atoms with van der Waals surface area (Å²) in [7, 11) is -2.58. The highest BCUT2D eigenvalue weighted by molar-refractivity contribution is 7.74. The Hall–Kier alpha value is -2.84. The van der Waals surface area contributed by atoms with E-state index < -0.39 is 15.6 Å². The number of hydrogen-bond acceptors (Lipinski definition) is 6. The Labute approximate surface area is 194 Å². The quantitative estimate of drug-likeness (QED) is 0.597. The fourth-order valence-electron chi connectivity index (χ4n) is 5.47. The molecule has 1 saturated heterocycles. The second kappa shape index (κ2) is 8.50. The van der Waals surface area contributed by atoms with Crippen LogP contribution in [0.1, 0.15) is 74.3 Å². The number of carbonyl (C=O) groups excluding carboxylic acids is 3. The number of rotatable bonds is 3. The highest BCUT2D eigenvalue weighted by Gasteiger charge is 2.43. The first-order chi connectivity index (χ1) is 15.9. The van der Waals surface area contributed by atoms with Gasteiger partial charge in [-0.15, -0.1) is 0 Å². The third-order valence-electron chi connectivity index (χ3n) is 7.32. The molecule has 1 aliphatic heterocycles. The van der Waals surface area contributed by atoms with E-state index in [1.54, 1.807) is 41.3 Å². The minimum Gasteiger partial charge on any atom is -0.336 e. The number of carbonyl (C=O) groups is 3. The zero-order valence-corrected chi connectivity index (χ0v) is 19.2. The van der Waals surface area contributed by atoms with Crippen molar-refractivity contribution in [3.63, 3.8) is 0 Å². The summed E-state index contributed by atoms with van der Waals surface area (Å²) in [6, 6.07) is 11.4. The van der Waals surface area contributed by atoms with Crippen LogP contribution < -0.4 is 0 Å². The number of thiol groups is 1. The van der Waals surface area contributed by atoms with E-state index in [4.69, 9.17) is 0 Å². The summed E-state index contributed by atoms with van der Waals surface area (Å²) < 4.78 is 24.3. The molecule has 0 spiro atoms. The lowest BCUT2D eigenvalue weighted by molar-refractivity contribution is 0.0434. The smallest absolute Gasteiger partial charge is 0.253 e. The van der Waals surface area contributed by atoms with Crippen LogP contribution in [0.5, 0.6) is 0 Å². The van der Waals surface area contributed by atoms with Gasteiger partial charge < -0.3 is 4.90 Å². The fourth-order valence-corrected chi connectivity index (χ4v) is 6.59. The lowest BCUT2D eigenvalue weighted by Gasteiger charge is -2.46. The minimum atomic E-state index is -2.58. The van der Waals surface area contributed by atoms with Gasteiger partial charge in [-0.2, -0.15) is 0 Å². The van der Waals surface area contributed by atoms with Crippen LogP contribution in [0.3, 0.4) is 0 Å². The van der Waals surface area contributed by atoms with Crippen molar-refractivity contribution in [3.8, 4) is 0 Å². The zero-order chi connectivity index (χ0) is 23.2. The van der Waals surface area contributed by atoms with E-state index in [0.717, 1.165) is 19.3 Å². The van der Waals surface area contributed by atoms with E-state index in [1.165, 1.54) is 6.07 Å². The van der Waals surface area contributed by atoms with Crippen molar-refractivity contribution in [1.29, 1.82) is 0 Å². The number of amides is 1. The van der Waals surface area contributed by atoms with Crippen molar-refractivity contribution >= 4 is 28.2 Å². The maximum atomic E-state index is 13.2. The first-order valence-corrected chi connectivity index (χ1v) is 12.6. The van der Waals surface area contributed by atoms with Crippen LogP contribution in [0.25, 0.3) is 0 Å². The summed E-state index contributed by atoms with van der Waals surface area (Å²) in [6.07, 6.45) is 4.19. The minimum absolute atomic E-state index is 0.208. The maximum absolute atomic E-state index is 13.2. The molecule has 8 heteroatoms. The Morgan fingerprint density at radius 1 is 0.758 bits per heavy atom. The van der Waals surface area contributed by atoms with Crippen LogP contribution in [0.15, 0.2) is 42.5 Å². The molecule has 2 aromatic carbocycles. The summed E-state index contributed by atoms with van der Waals surface area (Å²) in [5.41, 5.74) is 1.69. The third-order valence-corrected chi connectivity index (χ3v) is 8.73. The van der Waals surface area contributed by atoms with Crippen molar-refractivity contribution in [2.75, 3.05) is 26.2 Å². The molecule has 0 bridgehead atoms. The van der Waals surface area contributed by atoms with Gasteiger partial charge >= 0.3 is 0 Å². The molecular weight excluding hydrogens is 440 g/mol. The van der Waals surface area contributed by atoms with Gasteiger partial charge in [-0.1, -0.05) is 43.5 Å². The van der Waals surface area contributed by atoms with Gasteiger partial charge in [-0.05, 0) is 31.0 Å². The van der Waals surface area contributed by atoms with Crippen LogP contribution in [0.4, 0.5) is 0 Å². The molecule has 172 valence electrons. The van der Waals surface area contributed by atoms with Crippen LogP contribution in [-0.2, 0) is 10.7 Å². The second-order valence-corrected chi connectivity index (χ2v) is 10.4. The van der Waals surface area contributed by atoms with Gasteiger partial charge in [0.1, 0.15) is 4.87 Å². The molecule has 0 N–H and O–H groups in total. The molecule has 7 nitrogen and oxygen atoms in total. The second-order valence-electron chi connectivity index (χ2n) is 9.04. The van der Waals surface area contributed by atoms with Gasteiger partial charge in [-0.3, -0.25) is 19.3 Å². The van der Waals surface area contributed by atoms with Crippen molar-refractivity contribution in [2.24, 2.45) is 0 Å². The van der Waals surface area contributed by atoms with Crippen LogP contribution >= 0.6 is 0 Å². The molecule has 1 heterocycles. The van der Waals surface area contributed by atoms with Gasteiger partial charge in [0, 0.05) is 54.0 Å². The predicted molar refractivity (Wildman–Crippen MR) is 123 cm³/mol. The van der Waals surface area contributed by atoms with E-state index >= 15 is 0 Å². The Morgan fingerprint density at radius 3 is 1.94 bits per heavy atom. The van der Waals surface area contributed by atoms with E-state index in [9.17, 15) is 22.8 Å². The molecule has 0 aromatic heterocycles. The summed E-state index contributed by atoms with van der Waals surface area (Å²) in [4.78, 5) is 42.0. The van der Waals surface area contributed by atoms with E-state index in [-0.39, 0.29) is 23.0 Å². The lowest BCUT2D eigenvalue weighted by atomic mass is 9.83. The topological polar surface area (TPSA) is 91.8 Å². The van der Waals surface area contributed by atoms with E-state index in [2.05, 4.69) is 0 Å². The van der Waals surface area contributed by atoms with Gasteiger partial charge in [0.25, 0.3) is 5.91 Å². The standard InChI is InChI=1S/C25H26N2O5S/c28-22-18-6-2-3-7-19(18)23(29)21-16-17(8-9-20(21)22)24(30)26-12-14-27(15-13-26)25(33(31)32)10-4-1-5-11-25/h2-3,6-9,16,33H,1,4-5,10-15H2. The monoisotopic (exact) mass is 466 g/mol. The zero-order valence-electron chi connectivity index (χ0n) is 18.3. The first kappa shape index (κ1) is 22.0. The van der Waals surface area contributed by atoms with Gasteiger partial charge in [0.15, 0.2) is 22.3 Å². The maximum Gasteiger partial charge on any atom is 0.253 e. The van der Waals surface area contributed by atoms with E-state index in [1.807, 2.05) is 4.90 Å². The van der Waals surface area contributed by atoms with Crippen LogP contribution in [0.2, 0.25) is 0 Å². The predicted octanol–water partition coefficient (Wildman–Crippen LogP) is 2.49. The third kappa shape index (κ3) is 3.61. The Kier molecular flexibility index (Phi) is 5.66. The van der Waals surface area contributed by atoms with Crippen LogP contribution in [0, 0.1) is 0 Å².